The zero-order valence-electron chi connectivity index (χ0n) is 19.0. The van der Waals surface area contributed by atoms with Gasteiger partial charge in [-0.25, -0.2) is 9.18 Å². The Hall–Kier alpha value is -2.90. The van der Waals surface area contributed by atoms with Crippen molar-refractivity contribution >= 4 is 29.6 Å². The Labute approximate surface area is 198 Å². The normalized spacial score (nSPS) is 19.0. The number of methoxy groups -OCH3 is 1. The lowest BCUT2D eigenvalue weighted by Gasteiger charge is -2.44. The molecule has 1 aliphatic heterocycles. The molecule has 3 rings (SSSR count). The molecule has 1 saturated heterocycles. The minimum atomic E-state index is -0.502. The molecule has 2 atom stereocenters. The van der Waals surface area contributed by atoms with Crippen LogP contribution in [0.1, 0.15) is 25.0 Å². The second kappa shape index (κ2) is 11.3. The number of hydrogen-bond acceptors (Lipinski definition) is 5. The van der Waals surface area contributed by atoms with Gasteiger partial charge in [0, 0.05) is 48.4 Å². The maximum absolute atomic E-state index is 13.2. The summed E-state index contributed by atoms with van der Waals surface area (Å²) in [6.07, 6.45) is 2.81. The van der Waals surface area contributed by atoms with Crippen LogP contribution in [0.15, 0.2) is 48.5 Å². The molecule has 0 aromatic heterocycles. The molecule has 2 aromatic rings. The lowest BCUT2D eigenvalue weighted by Crippen LogP contribution is -2.58. The topological polar surface area (TPSA) is 59.1 Å². The van der Waals surface area contributed by atoms with Crippen molar-refractivity contribution in [3.05, 3.63) is 70.5 Å². The molecular weight excluding hydrogens is 447 g/mol. The van der Waals surface area contributed by atoms with Gasteiger partial charge in [0.05, 0.1) is 7.11 Å². The zero-order valence-corrected chi connectivity index (χ0v) is 19.7. The molecular formula is C25H28ClFN2O4. The molecule has 2 aromatic carbocycles. The maximum Gasteiger partial charge on any atom is 0.330 e. The van der Waals surface area contributed by atoms with E-state index in [1.165, 1.54) is 31.4 Å². The highest BCUT2D eigenvalue weighted by molar-refractivity contribution is 6.30. The lowest BCUT2D eigenvalue weighted by atomic mass is 10.1. The Kier molecular flexibility index (Phi) is 8.47. The maximum atomic E-state index is 13.2. The third-order valence-electron chi connectivity index (χ3n) is 5.66. The van der Waals surface area contributed by atoms with E-state index in [9.17, 15) is 14.0 Å². The predicted octanol–water partition coefficient (Wildman–Crippen LogP) is 4.17. The van der Waals surface area contributed by atoms with E-state index in [2.05, 4.69) is 16.6 Å². The Balaban J connectivity index is 1.60. The second-order valence-electron chi connectivity index (χ2n) is 8.13. The van der Waals surface area contributed by atoms with Crippen molar-refractivity contribution in [3.63, 3.8) is 0 Å². The van der Waals surface area contributed by atoms with Crippen molar-refractivity contribution in [2.75, 3.05) is 26.8 Å². The number of esters is 1. The van der Waals surface area contributed by atoms with Crippen LogP contribution in [0.5, 0.6) is 5.75 Å². The molecule has 0 radical (unpaired) electrons. The summed E-state index contributed by atoms with van der Waals surface area (Å²) >= 11 is 6.06. The molecule has 0 N–H and O–H groups in total. The lowest BCUT2D eigenvalue weighted by molar-refractivity contribution is -0.139. The minimum Gasteiger partial charge on any atom is -0.483 e. The molecule has 6 nitrogen and oxygen atoms in total. The van der Waals surface area contributed by atoms with Crippen molar-refractivity contribution in [2.24, 2.45) is 0 Å². The van der Waals surface area contributed by atoms with Crippen LogP contribution >= 0.6 is 11.6 Å². The smallest absolute Gasteiger partial charge is 0.330 e. The fourth-order valence-corrected chi connectivity index (χ4v) is 4.00. The summed E-state index contributed by atoms with van der Waals surface area (Å²) in [5.74, 6) is -0.421. The van der Waals surface area contributed by atoms with Gasteiger partial charge in [0.15, 0.2) is 6.61 Å². The molecule has 0 aliphatic carbocycles. The van der Waals surface area contributed by atoms with Crippen molar-refractivity contribution in [1.29, 1.82) is 0 Å². The number of amides is 1. The first-order valence-corrected chi connectivity index (χ1v) is 11.1. The number of halogens is 2. The molecule has 1 aliphatic rings. The Morgan fingerprint density at radius 1 is 1.12 bits per heavy atom. The summed E-state index contributed by atoms with van der Waals surface area (Å²) in [6.45, 7) is 5.93. The van der Waals surface area contributed by atoms with E-state index in [1.807, 2.05) is 11.8 Å². The summed E-state index contributed by atoms with van der Waals surface area (Å²) < 4.78 is 23.6. The summed E-state index contributed by atoms with van der Waals surface area (Å²) in [5, 5.41) is 0.484. The van der Waals surface area contributed by atoms with Gasteiger partial charge in [0.2, 0.25) is 0 Å². The Morgan fingerprint density at radius 2 is 1.85 bits per heavy atom. The Morgan fingerprint density at radius 3 is 2.55 bits per heavy atom. The van der Waals surface area contributed by atoms with Crippen LogP contribution < -0.4 is 4.74 Å². The molecule has 33 heavy (non-hydrogen) atoms. The van der Waals surface area contributed by atoms with E-state index >= 15 is 0 Å². The number of hydrogen-bond donors (Lipinski definition) is 0. The van der Waals surface area contributed by atoms with Crippen LogP contribution in [0.25, 0.3) is 6.08 Å². The van der Waals surface area contributed by atoms with E-state index in [0.29, 0.717) is 36.0 Å². The van der Waals surface area contributed by atoms with E-state index in [4.69, 9.17) is 16.3 Å². The number of carbonyl (C=O) groups is 2. The zero-order chi connectivity index (χ0) is 24.0. The van der Waals surface area contributed by atoms with Crippen molar-refractivity contribution in [3.8, 4) is 5.75 Å². The van der Waals surface area contributed by atoms with Gasteiger partial charge in [-0.2, -0.15) is 0 Å². The van der Waals surface area contributed by atoms with Gasteiger partial charge in [0.1, 0.15) is 11.6 Å². The predicted molar refractivity (Wildman–Crippen MR) is 125 cm³/mol. The third-order valence-corrected chi connectivity index (χ3v) is 5.89. The first-order chi connectivity index (χ1) is 15.8. The first-order valence-electron chi connectivity index (χ1n) is 10.7. The van der Waals surface area contributed by atoms with Crippen LogP contribution in [0.2, 0.25) is 5.02 Å². The molecule has 1 fully saturated rings. The van der Waals surface area contributed by atoms with Gasteiger partial charge in [-0.15, -0.1) is 0 Å². The average Bonchev–Trinajstić information content (AvgIpc) is 2.80. The molecule has 0 saturated carbocycles. The van der Waals surface area contributed by atoms with E-state index in [0.717, 1.165) is 5.56 Å². The van der Waals surface area contributed by atoms with Crippen LogP contribution in [0, 0.1) is 5.82 Å². The van der Waals surface area contributed by atoms with Gasteiger partial charge < -0.3 is 14.4 Å². The van der Waals surface area contributed by atoms with Crippen molar-refractivity contribution in [1.82, 2.24) is 9.80 Å². The molecule has 8 heteroatoms. The fourth-order valence-electron chi connectivity index (χ4n) is 3.82. The summed E-state index contributed by atoms with van der Waals surface area (Å²) in [7, 11) is 1.29. The van der Waals surface area contributed by atoms with Gasteiger partial charge in [-0.05, 0) is 55.8 Å². The largest absolute Gasteiger partial charge is 0.483 e. The van der Waals surface area contributed by atoms with Crippen LogP contribution in [-0.2, 0) is 20.9 Å². The number of nitrogens with zero attached hydrogens (tertiary/aromatic N) is 2. The fraction of sp³-hybridized carbons (Fsp3) is 0.360. The number of carbonyl (C=O) groups excluding carboxylic acids is 2. The average molecular weight is 475 g/mol. The van der Waals surface area contributed by atoms with Crippen molar-refractivity contribution < 1.29 is 23.5 Å². The molecule has 176 valence electrons. The number of piperazine rings is 1. The molecule has 0 bridgehead atoms. The number of ether oxygens (including phenoxy) is 2. The number of benzene rings is 2. The van der Waals surface area contributed by atoms with Crippen LogP contribution in [0.4, 0.5) is 4.39 Å². The van der Waals surface area contributed by atoms with Crippen LogP contribution in [-0.4, -0.2) is 60.6 Å². The standard InChI is InChI=1S/C25H28ClFN2O4/c1-17-14-29(18(2)13-28(17)15-19-4-8-22(27)9-5-19)24(30)16-33-23-10-7-21(26)12-20(23)6-11-25(31)32-3/h4-12,17-18H,13-16H2,1-3H3/t17-,18+/m0/s1. The van der Waals surface area contributed by atoms with E-state index in [-0.39, 0.29) is 30.4 Å². The van der Waals surface area contributed by atoms with E-state index < -0.39 is 5.97 Å². The monoisotopic (exact) mass is 474 g/mol. The van der Waals surface area contributed by atoms with Gasteiger partial charge in [-0.1, -0.05) is 23.7 Å². The SMILES string of the molecule is COC(=O)C=Cc1cc(Cl)ccc1OCC(=O)N1C[C@H](C)N(Cc2ccc(F)cc2)C[C@H]1C. The molecule has 0 spiro atoms. The minimum absolute atomic E-state index is 0.00153. The summed E-state index contributed by atoms with van der Waals surface area (Å²) in [6, 6.07) is 11.6. The summed E-state index contributed by atoms with van der Waals surface area (Å²) in [5.41, 5.74) is 1.61. The highest BCUT2D eigenvalue weighted by atomic mass is 35.5. The number of rotatable bonds is 7. The second-order valence-corrected chi connectivity index (χ2v) is 8.56. The first kappa shape index (κ1) is 24.7. The molecule has 1 heterocycles. The van der Waals surface area contributed by atoms with Gasteiger partial charge >= 0.3 is 5.97 Å². The van der Waals surface area contributed by atoms with Gasteiger partial charge in [-0.3, -0.25) is 9.69 Å². The van der Waals surface area contributed by atoms with E-state index in [1.54, 1.807) is 30.3 Å². The third kappa shape index (κ3) is 6.79. The van der Waals surface area contributed by atoms with Crippen molar-refractivity contribution in [2.45, 2.75) is 32.5 Å². The highest BCUT2D eigenvalue weighted by Crippen LogP contribution is 2.25. The van der Waals surface area contributed by atoms with Crippen LogP contribution in [0.3, 0.4) is 0 Å². The quantitative estimate of drug-likeness (QED) is 0.445. The Bertz CT molecular complexity index is 1010. The summed E-state index contributed by atoms with van der Waals surface area (Å²) in [4.78, 5) is 28.5. The molecule has 1 amide bonds. The van der Waals surface area contributed by atoms with Gasteiger partial charge in [0.25, 0.3) is 5.91 Å². The molecule has 0 unspecified atom stereocenters. The highest BCUT2D eigenvalue weighted by Gasteiger charge is 2.32.